The van der Waals surface area contributed by atoms with Crippen LogP contribution in [0.3, 0.4) is 0 Å². The van der Waals surface area contributed by atoms with Crippen molar-refractivity contribution in [3.63, 3.8) is 0 Å². The van der Waals surface area contributed by atoms with Crippen LogP contribution in [-0.4, -0.2) is 46.7 Å². The maximum absolute atomic E-state index is 11.2. The number of ether oxygens (including phenoxy) is 3. The summed E-state index contributed by atoms with van der Waals surface area (Å²) in [5.41, 5.74) is 0.279. The fourth-order valence-electron chi connectivity index (χ4n) is 3.56. The number of nitro groups is 2. The Labute approximate surface area is 232 Å². The maximum atomic E-state index is 11.2. The Morgan fingerprint density at radius 2 is 1.00 bits per heavy atom. The van der Waals surface area contributed by atoms with Crippen molar-refractivity contribution in [2.45, 2.75) is 0 Å². The standard InChI is InChI=1S/C28H22N4O9/c1-39-23-11-17(27(33)25(13-23)31(35)36)15-29-19-3-7-21(8-4-19)41-22-9-5-20(6-10-22)30-16-18-12-24(40-2)14-26(28(18)34)32(37)38/h3-16,33-34H,1-2H3. The highest BCUT2D eigenvalue weighted by molar-refractivity contribution is 5.89. The van der Waals surface area contributed by atoms with Crippen LogP contribution in [0.25, 0.3) is 0 Å². The van der Waals surface area contributed by atoms with E-state index in [0.29, 0.717) is 22.9 Å². The number of aliphatic imine (C=N–C) groups is 2. The number of rotatable bonds is 10. The molecular formula is C28H22N4O9. The average molecular weight is 559 g/mol. The van der Waals surface area contributed by atoms with Crippen LogP contribution in [-0.2, 0) is 0 Å². The minimum Gasteiger partial charge on any atom is -0.502 e. The number of hydrogen-bond acceptors (Lipinski definition) is 11. The average Bonchev–Trinajstić information content (AvgIpc) is 2.97. The van der Waals surface area contributed by atoms with E-state index >= 15 is 0 Å². The summed E-state index contributed by atoms with van der Waals surface area (Å²) in [6, 6.07) is 18.4. The molecular weight excluding hydrogens is 536 g/mol. The van der Waals surface area contributed by atoms with Crippen molar-refractivity contribution in [3.8, 4) is 34.5 Å². The Morgan fingerprint density at radius 1 is 0.634 bits per heavy atom. The molecule has 4 rings (SSSR count). The van der Waals surface area contributed by atoms with Crippen molar-refractivity contribution >= 4 is 35.2 Å². The van der Waals surface area contributed by atoms with E-state index in [1.807, 2.05) is 0 Å². The molecule has 0 bridgehead atoms. The summed E-state index contributed by atoms with van der Waals surface area (Å²) >= 11 is 0. The molecule has 0 saturated carbocycles. The van der Waals surface area contributed by atoms with Crippen LogP contribution < -0.4 is 14.2 Å². The van der Waals surface area contributed by atoms with E-state index in [0.717, 1.165) is 12.1 Å². The Kier molecular flexibility index (Phi) is 8.38. The van der Waals surface area contributed by atoms with Crippen molar-refractivity contribution in [2.24, 2.45) is 9.98 Å². The van der Waals surface area contributed by atoms with Gasteiger partial charge in [0, 0.05) is 23.6 Å². The molecule has 4 aromatic carbocycles. The third-order valence-corrected chi connectivity index (χ3v) is 5.66. The number of aromatic hydroxyl groups is 2. The van der Waals surface area contributed by atoms with Crippen LogP contribution in [0.1, 0.15) is 11.1 Å². The summed E-state index contributed by atoms with van der Waals surface area (Å²) in [6.45, 7) is 0. The molecule has 0 saturated heterocycles. The minimum absolute atomic E-state index is 0.124. The first-order chi connectivity index (χ1) is 19.7. The van der Waals surface area contributed by atoms with E-state index < -0.39 is 32.7 Å². The molecule has 0 unspecified atom stereocenters. The fraction of sp³-hybridized carbons (Fsp3) is 0.0714. The van der Waals surface area contributed by atoms with Gasteiger partial charge in [-0.2, -0.15) is 0 Å². The molecule has 0 amide bonds. The summed E-state index contributed by atoms with van der Waals surface area (Å²) in [5, 5.41) is 42.7. The van der Waals surface area contributed by atoms with Crippen LogP contribution >= 0.6 is 0 Å². The van der Waals surface area contributed by atoms with Gasteiger partial charge in [-0.25, -0.2) is 0 Å². The van der Waals surface area contributed by atoms with Gasteiger partial charge in [-0.05, 0) is 60.7 Å². The number of benzene rings is 4. The molecule has 0 aliphatic rings. The van der Waals surface area contributed by atoms with Gasteiger partial charge in [0.2, 0.25) is 11.5 Å². The molecule has 0 spiro atoms. The normalized spacial score (nSPS) is 11.1. The van der Waals surface area contributed by atoms with Gasteiger partial charge >= 0.3 is 11.4 Å². The van der Waals surface area contributed by atoms with Gasteiger partial charge in [0.15, 0.2) is 0 Å². The zero-order valence-corrected chi connectivity index (χ0v) is 21.6. The largest absolute Gasteiger partial charge is 0.502 e. The predicted molar refractivity (Wildman–Crippen MR) is 150 cm³/mol. The smallest absolute Gasteiger partial charge is 0.315 e. The quantitative estimate of drug-likeness (QED) is 0.130. The van der Waals surface area contributed by atoms with Crippen molar-refractivity contribution < 1.29 is 34.3 Å². The zero-order chi connectivity index (χ0) is 29.5. The first kappa shape index (κ1) is 28.0. The Hall–Kier alpha value is -5.98. The molecule has 0 atom stereocenters. The highest BCUT2D eigenvalue weighted by Gasteiger charge is 2.19. The number of nitrogens with zero attached hydrogens (tertiary/aromatic N) is 4. The molecule has 4 aromatic rings. The number of methoxy groups -OCH3 is 2. The van der Waals surface area contributed by atoms with E-state index in [9.17, 15) is 30.4 Å². The lowest BCUT2D eigenvalue weighted by Gasteiger charge is -2.07. The summed E-state index contributed by atoms with van der Waals surface area (Å²) in [7, 11) is 2.72. The molecule has 0 fully saturated rings. The van der Waals surface area contributed by atoms with Gasteiger partial charge in [0.1, 0.15) is 23.0 Å². The summed E-state index contributed by atoms with van der Waals surface area (Å²) in [6.07, 6.45) is 2.59. The Morgan fingerprint density at radius 3 is 1.32 bits per heavy atom. The lowest BCUT2D eigenvalue weighted by molar-refractivity contribution is -0.386. The monoisotopic (exact) mass is 558 g/mol. The fourth-order valence-corrected chi connectivity index (χ4v) is 3.56. The summed E-state index contributed by atoms with van der Waals surface area (Å²) in [4.78, 5) is 29.4. The van der Waals surface area contributed by atoms with Gasteiger partial charge in [0.05, 0.1) is 47.6 Å². The second-order valence-electron chi connectivity index (χ2n) is 8.29. The van der Waals surface area contributed by atoms with Gasteiger partial charge in [-0.15, -0.1) is 0 Å². The predicted octanol–water partition coefficient (Wildman–Crippen LogP) is 6.22. The number of phenols is 2. The Balaban J connectivity index is 1.44. The summed E-state index contributed by atoms with van der Waals surface area (Å²) in [5.74, 6) is 0.391. The van der Waals surface area contributed by atoms with Gasteiger partial charge in [-0.3, -0.25) is 30.2 Å². The highest BCUT2D eigenvalue weighted by atomic mass is 16.6. The molecule has 13 nitrogen and oxygen atoms in total. The van der Waals surface area contributed by atoms with E-state index in [4.69, 9.17) is 14.2 Å². The van der Waals surface area contributed by atoms with E-state index in [1.54, 1.807) is 48.5 Å². The highest BCUT2D eigenvalue weighted by Crippen LogP contribution is 2.35. The van der Waals surface area contributed by atoms with E-state index in [2.05, 4.69) is 9.98 Å². The molecule has 0 radical (unpaired) electrons. The van der Waals surface area contributed by atoms with Gasteiger partial charge < -0.3 is 24.4 Å². The third kappa shape index (κ3) is 6.72. The molecule has 41 heavy (non-hydrogen) atoms. The second kappa shape index (κ2) is 12.3. The van der Waals surface area contributed by atoms with Crippen molar-refractivity contribution in [1.82, 2.24) is 0 Å². The molecule has 0 aliphatic heterocycles. The molecule has 0 aromatic heterocycles. The van der Waals surface area contributed by atoms with Crippen LogP contribution in [0.15, 0.2) is 82.8 Å². The summed E-state index contributed by atoms with van der Waals surface area (Å²) < 4.78 is 15.9. The number of nitro benzene ring substituents is 2. The number of hydrogen-bond donors (Lipinski definition) is 2. The maximum Gasteiger partial charge on any atom is 0.315 e. The first-order valence-electron chi connectivity index (χ1n) is 11.8. The van der Waals surface area contributed by atoms with E-state index in [1.165, 1.54) is 38.8 Å². The molecule has 2 N–H and O–H groups in total. The van der Waals surface area contributed by atoms with Crippen LogP contribution in [0.2, 0.25) is 0 Å². The van der Waals surface area contributed by atoms with E-state index in [-0.39, 0.29) is 22.6 Å². The van der Waals surface area contributed by atoms with Crippen LogP contribution in [0.5, 0.6) is 34.5 Å². The molecule has 0 heterocycles. The number of phenolic OH excluding ortho intramolecular Hbond substituents is 2. The van der Waals surface area contributed by atoms with Gasteiger partial charge in [0.25, 0.3) is 0 Å². The SMILES string of the molecule is COc1cc(C=Nc2ccc(Oc3ccc(N=Cc4cc(OC)cc([N+](=O)[O-])c4O)cc3)cc2)c(O)c([N+](=O)[O-])c1. The van der Waals surface area contributed by atoms with Gasteiger partial charge in [-0.1, -0.05) is 0 Å². The van der Waals surface area contributed by atoms with Crippen molar-refractivity contribution in [2.75, 3.05) is 14.2 Å². The third-order valence-electron chi connectivity index (χ3n) is 5.66. The molecule has 13 heteroatoms. The van der Waals surface area contributed by atoms with Crippen molar-refractivity contribution in [3.05, 3.63) is 104 Å². The first-order valence-corrected chi connectivity index (χ1v) is 11.8. The topological polar surface area (TPSA) is 179 Å². The Bertz CT molecular complexity index is 1530. The minimum atomic E-state index is -0.709. The van der Waals surface area contributed by atoms with Crippen LogP contribution in [0.4, 0.5) is 22.7 Å². The second-order valence-corrected chi connectivity index (χ2v) is 8.29. The molecule has 0 aliphatic carbocycles. The van der Waals surface area contributed by atoms with Crippen LogP contribution in [0, 0.1) is 20.2 Å². The lowest BCUT2D eigenvalue weighted by atomic mass is 10.1. The zero-order valence-electron chi connectivity index (χ0n) is 21.6. The lowest BCUT2D eigenvalue weighted by Crippen LogP contribution is -1.94. The molecule has 208 valence electrons. The van der Waals surface area contributed by atoms with Crippen molar-refractivity contribution in [1.29, 1.82) is 0 Å².